The SMILES string of the molecule is COc1ccc(/C(C)=N/NC(=O)CN(c2ccc(Br)cc2)S(=O)(=O)c2ccccc2)cc1. The third-order valence-corrected chi connectivity index (χ3v) is 6.91. The fourth-order valence-corrected chi connectivity index (χ4v) is 4.56. The number of sulfonamides is 1. The Labute approximate surface area is 195 Å². The standard InChI is InChI=1S/C23H22BrN3O4S/c1-17(18-8-14-21(31-2)15-9-18)25-26-23(28)16-27(20-12-10-19(24)11-13-20)32(29,30)22-6-4-3-5-7-22/h3-15H,16H2,1-2H3,(H,26,28)/b25-17+. The minimum absolute atomic E-state index is 0.0913. The molecule has 32 heavy (non-hydrogen) atoms. The normalized spacial score (nSPS) is 11.7. The highest BCUT2D eigenvalue weighted by Crippen LogP contribution is 2.25. The fraction of sp³-hybridized carbons (Fsp3) is 0.130. The maximum absolute atomic E-state index is 13.3. The van der Waals surface area contributed by atoms with Crippen molar-refractivity contribution < 1.29 is 17.9 Å². The van der Waals surface area contributed by atoms with E-state index in [0.29, 0.717) is 17.1 Å². The number of hydrogen-bond acceptors (Lipinski definition) is 5. The van der Waals surface area contributed by atoms with Crippen LogP contribution in [0.5, 0.6) is 5.75 Å². The van der Waals surface area contributed by atoms with E-state index in [2.05, 4.69) is 26.5 Å². The zero-order chi connectivity index (χ0) is 23.1. The molecule has 0 bridgehead atoms. The lowest BCUT2D eigenvalue weighted by Crippen LogP contribution is -2.39. The van der Waals surface area contributed by atoms with Gasteiger partial charge in [0, 0.05) is 4.47 Å². The Balaban J connectivity index is 1.82. The van der Waals surface area contributed by atoms with Crippen molar-refractivity contribution in [2.45, 2.75) is 11.8 Å². The Morgan fingerprint density at radius 1 is 1.00 bits per heavy atom. The van der Waals surface area contributed by atoms with Gasteiger partial charge in [0.05, 0.1) is 23.4 Å². The summed E-state index contributed by atoms with van der Waals surface area (Å²) < 4.78 is 33.5. The summed E-state index contributed by atoms with van der Waals surface area (Å²) >= 11 is 3.34. The molecule has 3 aromatic rings. The molecule has 0 aliphatic heterocycles. The summed E-state index contributed by atoms with van der Waals surface area (Å²) in [7, 11) is -2.39. The topological polar surface area (TPSA) is 88.1 Å². The molecule has 166 valence electrons. The Morgan fingerprint density at radius 3 is 2.22 bits per heavy atom. The molecular formula is C23H22BrN3O4S. The molecule has 1 amide bonds. The van der Waals surface area contributed by atoms with Crippen LogP contribution in [-0.2, 0) is 14.8 Å². The van der Waals surface area contributed by atoms with Gasteiger partial charge in [0.1, 0.15) is 12.3 Å². The summed E-state index contributed by atoms with van der Waals surface area (Å²) in [6.07, 6.45) is 0. The lowest BCUT2D eigenvalue weighted by molar-refractivity contribution is -0.119. The number of hydrazone groups is 1. The van der Waals surface area contributed by atoms with Crippen molar-refractivity contribution in [1.29, 1.82) is 0 Å². The number of ether oxygens (including phenoxy) is 1. The van der Waals surface area contributed by atoms with E-state index in [1.54, 1.807) is 68.6 Å². The Hall–Kier alpha value is -3.17. The van der Waals surface area contributed by atoms with E-state index in [9.17, 15) is 13.2 Å². The minimum atomic E-state index is -3.97. The van der Waals surface area contributed by atoms with Crippen molar-refractivity contribution in [1.82, 2.24) is 5.43 Å². The van der Waals surface area contributed by atoms with Gasteiger partial charge >= 0.3 is 0 Å². The van der Waals surface area contributed by atoms with Crippen LogP contribution in [0.4, 0.5) is 5.69 Å². The average molecular weight is 516 g/mol. The first-order valence-corrected chi connectivity index (χ1v) is 11.9. The van der Waals surface area contributed by atoms with Crippen molar-refractivity contribution in [2.24, 2.45) is 5.10 Å². The number of methoxy groups -OCH3 is 1. The molecule has 3 rings (SSSR count). The molecule has 7 nitrogen and oxygen atoms in total. The number of nitrogens with zero attached hydrogens (tertiary/aromatic N) is 2. The molecular weight excluding hydrogens is 494 g/mol. The molecule has 0 aromatic heterocycles. The fourth-order valence-electron chi connectivity index (χ4n) is 2.85. The molecule has 0 radical (unpaired) electrons. The van der Waals surface area contributed by atoms with Gasteiger partial charge in [-0.3, -0.25) is 9.10 Å². The van der Waals surface area contributed by atoms with Gasteiger partial charge in [0.2, 0.25) is 0 Å². The maximum atomic E-state index is 13.3. The molecule has 0 aliphatic carbocycles. The third-order valence-electron chi connectivity index (χ3n) is 4.59. The van der Waals surface area contributed by atoms with E-state index in [0.717, 1.165) is 14.3 Å². The van der Waals surface area contributed by atoms with Gasteiger partial charge < -0.3 is 4.74 Å². The summed E-state index contributed by atoms with van der Waals surface area (Å²) in [5.41, 5.74) is 4.18. The van der Waals surface area contributed by atoms with Crippen molar-refractivity contribution in [2.75, 3.05) is 18.0 Å². The number of anilines is 1. The predicted molar refractivity (Wildman–Crippen MR) is 128 cm³/mol. The Kier molecular flexibility index (Phi) is 7.66. The van der Waals surface area contributed by atoms with Crippen LogP contribution in [0, 0.1) is 0 Å². The second-order valence-electron chi connectivity index (χ2n) is 6.76. The quantitative estimate of drug-likeness (QED) is 0.359. The highest BCUT2D eigenvalue weighted by molar-refractivity contribution is 9.10. The van der Waals surface area contributed by atoms with E-state index in [-0.39, 0.29) is 4.90 Å². The maximum Gasteiger partial charge on any atom is 0.264 e. The molecule has 3 aromatic carbocycles. The monoisotopic (exact) mass is 515 g/mol. The number of rotatable bonds is 8. The first kappa shape index (κ1) is 23.5. The number of hydrogen-bond donors (Lipinski definition) is 1. The summed E-state index contributed by atoms with van der Waals surface area (Å²) in [5.74, 6) is 0.141. The number of benzene rings is 3. The number of carbonyl (C=O) groups is 1. The molecule has 0 fully saturated rings. The summed E-state index contributed by atoms with van der Waals surface area (Å²) in [6, 6.07) is 21.9. The number of carbonyl (C=O) groups excluding carboxylic acids is 1. The lowest BCUT2D eigenvalue weighted by atomic mass is 10.1. The Morgan fingerprint density at radius 2 is 1.62 bits per heavy atom. The van der Waals surface area contributed by atoms with Crippen LogP contribution in [-0.4, -0.2) is 33.7 Å². The van der Waals surface area contributed by atoms with Gasteiger partial charge in [-0.2, -0.15) is 5.10 Å². The molecule has 0 saturated carbocycles. The van der Waals surface area contributed by atoms with Crippen LogP contribution >= 0.6 is 15.9 Å². The van der Waals surface area contributed by atoms with Gasteiger partial charge in [-0.15, -0.1) is 0 Å². The van der Waals surface area contributed by atoms with Crippen molar-refractivity contribution in [3.63, 3.8) is 0 Å². The van der Waals surface area contributed by atoms with Gasteiger partial charge in [-0.05, 0) is 73.2 Å². The summed E-state index contributed by atoms with van der Waals surface area (Å²) in [4.78, 5) is 12.7. The molecule has 9 heteroatoms. The number of halogens is 1. The van der Waals surface area contributed by atoms with Gasteiger partial charge in [0.25, 0.3) is 15.9 Å². The van der Waals surface area contributed by atoms with E-state index >= 15 is 0 Å². The van der Waals surface area contributed by atoms with Crippen LogP contribution in [0.15, 0.2) is 93.3 Å². The molecule has 0 unspecified atom stereocenters. The predicted octanol–water partition coefficient (Wildman–Crippen LogP) is 4.19. The third kappa shape index (κ3) is 5.74. The van der Waals surface area contributed by atoms with E-state index < -0.39 is 22.5 Å². The first-order valence-electron chi connectivity index (χ1n) is 9.62. The van der Waals surface area contributed by atoms with Crippen LogP contribution in [0.25, 0.3) is 0 Å². The molecule has 0 atom stereocenters. The van der Waals surface area contributed by atoms with Gasteiger partial charge in [-0.1, -0.05) is 34.1 Å². The number of nitrogens with one attached hydrogen (secondary N) is 1. The molecule has 0 spiro atoms. The van der Waals surface area contributed by atoms with Crippen LogP contribution in [0.3, 0.4) is 0 Å². The average Bonchev–Trinajstić information content (AvgIpc) is 2.82. The van der Waals surface area contributed by atoms with Gasteiger partial charge in [0.15, 0.2) is 0 Å². The first-order chi connectivity index (χ1) is 15.3. The summed E-state index contributed by atoms with van der Waals surface area (Å²) in [5, 5.41) is 4.11. The molecule has 0 heterocycles. The zero-order valence-corrected chi connectivity index (χ0v) is 19.9. The Bertz CT molecular complexity index is 1200. The smallest absolute Gasteiger partial charge is 0.264 e. The van der Waals surface area contributed by atoms with E-state index in [1.165, 1.54) is 12.1 Å². The van der Waals surface area contributed by atoms with Crippen molar-refractivity contribution in [3.05, 3.63) is 88.9 Å². The zero-order valence-electron chi connectivity index (χ0n) is 17.5. The highest BCUT2D eigenvalue weighted by Gasteiger charge is 2.27. The largest absolute Gasteiger partial charge is 0.497 e. The second kappa shape index (κ2) is 10.4. The summed E-state index contributed by atoms with van der Waals surface area (Å²) in [6.45, 7) is 1.31. The van der Waals surface area contributed by atoms with Crippen molar-refractivity contribution >= 4 is 43.3 Å². The lowest BCUT2D eigenvalue weighted by Gasteiger charge is -2.23. The van der Waals surface area contributed by atoms with Gasteiger partial charge in [-0.25, -0.2) is 13.8 Å². The van der Waals surface area contributed by atoms with E-state index in [4.69, 9.17) is 4.74 Å². The van der Waals surface area contributed by atoms with Crippen LogP contribution < -0.4 is 14.5 Å². The van der Waals surface area contributed by atoms with Crippen molar-refractivity contribution in [3.8, 4) is 5.75 Å². The number of amides is 1. The highest BCUT2D eigenvalue weighted by atomic mass is 79.9. The molecule has 0 aliphatic rings. The molecule has 0 saturated heterocycles. The second-order valence-corrected chi connectivity index (χ2v) is 9.54. The minimum Gasteiger partial charge on any atom is -0.497 e. The molecule has 1 N–H and O–H groups in total. The van der Waals surface area contributed by atoms with Crippen LogP contribution in [0.1, 0.15) is 12.5 Å². The van der Waals surface area contributed by atoms with Crippen LogP contribution in [0.2, 0.25) is 0 Å². The van der Waals surface area contributed by atoms with E-state index in [1.807, 2.05) is 12.1 Å².